The van der Waals surface area contributed by atoms with Crippen molar-refractivity contribution in [1.82, 2.24) is 9.97 Å². The molecule has 0 aliphatic heterocycles. The van der Waals surface area contributed by atoms with Crippen LogP contribution in [0, 0.1) is 10.5 Å². The third kappa shape index (κ3) is 2.72. The van der Waals surface area contributed by atoms with Gasteiger partial charge in [-0.25, -0.2) is 9.37 Å². The molecule has 0 fully saturated rings. The van der Waals surface area contributed by atoms with E-state index in [9.17, 15) is 17.6 Å². The SMILES string of the molecule is CCc1c(-c2ccc(F)c(C(F)(F)F)c2)[nH]cnc1=S. The monoisotopic (exact) mass is 302 g/mol. The van der Waals surface area contributed by atoms with Crippen molar-refractivity contribution in [2.24, 2.45) is 0 Å². The molecule has 0 spiro atoms. The number of nitrogens with one attached hydrogen (secondary N) is 1. The van der Waals surface area contributed by atoms with Crippen LogP contribution in [0.3, 0.4) is 0 Å². The zero-order valence-corrected chi connectivity index (χ0v) is 11.2. The largest absolute Gasteiger partial charge is 0.419 e. The smallest absolute Gasteiger partial charge is 0.346 e. The first-order chi connectivity index (χ1) is 9.34. The van der Waals surface area contributed by atoms with Crippen LogP contribution in [0.4, 0.5) is 17.6 Å². The van der Waals surface area contributed by atoms with Crippen LogP contribution in [-0.4, -0.2) is 9.97 Å². The molecule has 20 heavy (non-hydrogen) atoms. The lowest BCUT2D eigenvalue weighted by Crippen LogP contribution is -2.08. The Morgan fingerprint density at radius 2 is 2.00 bits per heavy atom. The Morgan fingerprint density at radius 1 is 1.30 bits per heavy atom. The summed E-state index contributed by atoms with van der Waals surface area (Å²) in [5.41, 5.74) is -0.0162. The first kappa shape index (κ1) is 14.6. The molecule has 1 heterocycles. The molecule has 0 saturated carbocycles. The van der Waals surface area contributed by atoms with Crippen molar-refractivity contribution in [2.45, 2.75) is 19.5 Å². The van der Waals surface area contributed by atoms with Gasteiger partial charge < -0.3 is 4.98 Å². The molecular formula is C13H10F4N2S. The van der Waals surface area contributed by atoms with Crippen LogP contribution in [0.2, 0.25) is 0 Å². The number of alkyl halides is 3. The fourth-order valence-corrected chi connectivity index (χ4v) is 2.21. The zero-order chi connectivity index (χ0) is 14.9. The van der Waals surface area contributed by atoms with Gasteiger partial charge >= 0.3 is 6.18 Å². The second-order valence-corrected chi connectivity index (χ2v) is 4.49. The van der Waals surface area contributed by atoms with Gasteiger partial charge in [0.25, 0.3) is 0 Å². The van der Waals surface area contributed by atoms with Crippen LogP contribution in [-0.2, 0) is 12.6 Å². The molecule has 2 nitrogen and oxygen atoms in total. The van der Waals surface area contributed by atoms with E-state index in [4.69, 9.17) is 12.2 Å². The normalized spacial score (nSPS) is 11.7. The van der Waals surface area contributed by atoms with Gasteiger partial charge in [-0.1, -0.05) is 19.1 Å². The minimum absolute atomic E-state index is 0.226. The Balaban J connectivity index is 2.66. The number of benzene rings is 1. The van der Waals surface area contributed by atoms with E-state index in [1.54, 1.807) is 0 Å². The van der Waals surface area contributed by atoms with Gasteiger partial charge in [0, 0.05) is 5.56 Å². The average Bonchev–Trinajstić information content (AvgIpc) is 2.37. The molecule has 1 aromatic heterocycles. The molecule has 106 valence electrons. The van der Waals surface area contributed by atoms with Crippen molar-refractivity contribution < 1.29 is 17.6 Å². The van der Waals surface area contributed by atoms with Crippen molar-refractivity contribution >= 4 is 12.2 Å². The van der Waals surface area contributed by atoms with Gasteiger partial charge in [0.15, 0.2) is 0 Å². The Morgan fingerprint density at radius 3 is 2.60 bits per heavy atom. The third-order valence-corrected chi connectivity index (χ3v) is 3.22. The number of nitrogens with zero attached hydrogens (tertiary/aromatic N) is 1. The van der Waals surface area contributed by atoms with Gasteiger partial charge in [0.1, 0.15) is 10.5 Å². The van der Waals surface area contributed by atoms with Crippen LogP contribution in [0.1, 0.15) is 18.1 Å². The van der Waals surface area contributed by atoms with Crippen LogP contribution in [0.15, 0.2) is 24.5 Å². The van der Waals surface area contributed by atoms with Crippen LogP contribution < -0.4 is 0 Å². The van der Waals surface area contributed by atoms with Gasteiger partial charge in [-0.15, -0.1) is 0 Å². The van der Waals surface area contributed by atoms with Crippen molar-refractivity contribution in [3.63, 3.8) is 0 Å². The number of hydrogen-bond donors (Lipinski definition) is 1. The van der Waals surface area contributed by atoms with Gasteiger partial charge in [-0.05, 0) is 30.2 Å². The van der Waals surface area contributed by atoms with Crippen molar-refractivity contribution in [2.75, 3.05) is 0 Å². The molecule has 0 amide bonds. The van der Waals surface area contributed by atoms with Crippen molar-refractivity contribution in [1.29, 1.82) is 0 Å². The Kier molecular flexibility index (Phi) is 3.89. The van der Waals surface area contributed by atoms with Gasteiger partial charge in [-0.3, -0.25) is 0 Å². The number of rotatable bonds is 2. The summed E-state index contributed by atoms with van der Waals surface area (Å²) in [6.07, 6.45) is -2.92. The third-order valence-electron chi connectivity index (χ3n) is 2.86. The summed E-state index contributed by atoms with van der Waals surface area (Å²) in [4.78, 5) is 6.66. The molecule has 2 rings (SSSR count). The Labute approximate surface area is 117 Å². The second kappa shape index (κ2) is 5.32. The maximum Gasteiger partial charge on any atom is 0.419 e. The molecule has 1 aromatic carbocycles. The highest BCUT2D eigenvalue weighted by atomic mass is 32.1. The molecule has 7 heteroatoms. The molecule has 0 saturated heterocycles. The standard InChI is InChI=1S/C13H10F4N2S/c1-2-8-11(18-6-19-12(8)20)7-3-4-10(14)9(5-7)13(15,16)17/h3-6H,2H2,1H3,(H,18,19,20). The molecule has 0 aliphatic carbocycles. The van der Waals surface area contributed by atoms with E-state index in [-0.39, 0.29) is 5.56 Å². The molecular weight excluding hydrogens is 292 g/mol. The average molecular weight is 302 g/mol. The number of H-pyrrole nitrogens is 1. The minimum atomic E-state index is -4.74. The quantitative estimate of drug-likeness (QED) is 0.652. The van der Waals surface area contributed by atoms with Crippen LogP contribution in [0.5, 0.6) is 0 Å². The number of hydrogen-bond acceptors (Lipinski definition) is 2. The predicted octanol–water partition coefficient (Wildman–Crippen LogP) is 4.53. The summed E-state index contributed by atoms with van der Waals surface area (Å²) in [6.45, 7) is 1.82. The molecule has 0 aliphatic rings. The van der Waals surface area contributed by atoms with E-state index in [1.165, 1.54) is 12.4 Å². The van der Waals surface area contributed by atoms with Gasteiger partial charge in [-0.2, -0.15) is 13.2 Å². The highest BCUT2D eigenvalue weighted by Gasteiger charge is 2.34. The van der Waals surface area contributed by atoms with E-state index < -0.39 is 17.6 Å². The van der Waals surface area contributed by atoms with Crippen molar-refractivity contribution in [3.8, 4) is 11.3 Å². The van der Waals surface area contributed by atoms with Gasteiger partial charge in [0.05, 0.1) is 17.6 Å². The van der Waals surface area contributed by atoms with E-state index in [0.29, 0.717) is 22.3 Å². The Hall–Kier alpha value is -1.76. The summed E-state index contributed by atoms with van der Waals surface area (Å²) in [6, 6.07) is 2.86. The summed E-state index contributed by atoms with van der Waals surface area (Å²) in [5, 5.41) is 0. The van der Waals surface area contributed by atoms with E-state index >= 15 is 0 Å². The summed E-state index contributed by atoms with van der Waals surface area (Å²) < 4.78 is 51.8. The maximum absolute atomic E-state index is 13.3. The molecule has 2 aromatic rings. The lowest BCUT2D eigenvalue weighted by atomic mass is 10.0. The fraction of sp³-hybridized carbons (Fsp3) is 0.231. The molecule has 1 N–H and O–H groups in total. The second-order valence-electron chi connectivity index (χ2n) is 4.11. The highest BCUT2D eigenvalue weighted by Crippen LogP contribution is 2.34. The van der Waals surface area contributed by atoms with Crippen LogP contribution in [0.25, 0.3) is 11.3 Å². The van der Waals surface area contributed by atoms with Crippen molar-refractivity contribution in [3.05, 3.63) is 46.1 Å². The maximum atomic E-state index is 13.3. The topological polar surface area (TPSA) is 28.7 Å². The molecule has 0 bridgehead atoms. The first-order valence-electron chi connectivity index (χ1n) is 5.78. The minimum Gasteiger partial charge on any atom is -0.346 e. The Bertz CT molecular complexity index is 692. The highest BCUT2D eigenvalue weighted by molar-refractivity contribution is 7.71. The first-order valence-corrected chi connectivity index (χ1v) is 6.19. The fourth-order valence-electron chi connectivity index (χ4n) is 1.91. The molecule has 0 radical (unpaired) electrons. The van der Waals surface area contributed by atoms with E-state index in [1.807, 2.05) is 6.92 Å². The van der Waals surface area contributed by atoms with E-state index in [0.717, 1.165) is 12.1 Å². The predicted molar refractivity (Wildman–Crippen MR) is 69.2 cm³/mol. The molecule has 0 unspecified atom stereocenters. The van der Waals surface area contributed by atoms with Gasteiger partial charge in [0.2, 0.25) is 0 Å². The number of aromatic nitrogens is 2. The lowest BCUT2D eigenvalue weighted by molar-refractivity contribution is -0.139. The summed E-state index contributed by atoms with van der Waals surface area (Å²) >= 11 is 5.04. The van der Waals surface area contributed by atoms with Crippen LogP contribution >= 0.6 is 12.2 Å². The summed E-state index contributed by atoms with van der Waals surface area (Å²) in [7, 11) is 0. The zero-order valence-electron chi connectivity index (χ0n) is 10.4. The number of aromatic amines is 1. The summed E-state index contributed by atoms with van der Waals surface area (Å²) in [5.74, 6) is -1.30. The van der Waals surface area contributed by atoms with E-state index in [2.05, 4.69) is 9.97 Å². The lowest BCUT2D eigenvalue weighted by Gasteiger charge is -2.12. The molecule has 0 atom stereocenters. The number of halogens is 4.